The van der Waals surface area contributed by atoms with Crippen molar-refractivity contribution in [3.8, 4) is 0 Å². The first-order valence-corrected chi connectivity index (χ1v) is 3.86. The lowest BCUT2D eigenvalue weighted by molar-refractivity contribution is 0.0805. The van der Waals surface area contributed by atoms with Crippen LogP contribution in [0.5, 0.6) is 0 Å². The van der Waals surface area contributed by atoms with Gasteiger partial charge in [-0.2, -0.15) is 0 Å². The SMILES string of the molecule is C=CCCC(NN)C(C)OC. The maximum atomic E-state index is 5.33. The van der Waals surface area contributed by atoms with Crippen molar-refractivity contribution in [2.24, 2.45) is 5.84 Å². The number of nitrogens with one attached hydrogen (secondary N) is 1. The Labute approximate surface area is 68.6 Å². The normalized spacial score (nSPS) is 15.9. The van der Waals surface area contributed by atoms with E-state index in [1.54, 1.807) is 7.11 Å². The van der Waals surface area contributed by atoms with Crippen molar-refractivity contribution in [1.29, 1.82) is 0 Å². The van der Waals surface area contributed by atoms with Crippen LogP contribution < -0.4 is 11.3 Å². The van der Waals surface area contributed by atoms with E-state index in [-0.39, 0.29) is 12.1 Å². The standard InChI is InChI=1S/C8H18N2O/c1-4-5-6-8(10-9)7(2)11-3/h4,7-8,10H,1,5-6,9H2,2-3H3. The van der Waals surface area contributed by atoms with Gasteiger partial charge in [0, 0.05) is 13.2 Å². The van der Waals surface area contributed by atoms with Crippen LogP contribution in [0, 0.1) is 0 Å². The molecule has 0 saturated carbocycles. The van der Waals surface area contributed by atoms with Crippen molar-refractivity contribution in [3.05, 3.63) is 12.7 Å². The smallest absolute Gasteiger partial charge is 0.0709 e. The number of methoxy groups -OCH3 is 1. The second kappa shape index (κ2) is 6.34. The van der Waals surface area contributed by atoms with Gasteiger partial charge in [0.15, 0.2) is 0 Å². The van der Waals surface area contributed by atoms with Gasteiger partial charge >= 0.3 is 0 Å². The molecule has 0 aliphatic heterocycles. The van der Waals surface area contributed by atoms with E-state index in [0.717, 1.165) is 12.8 Å². The molecule has 0 aromatic rings. The van der Waals surface area contributed by atoms with Crippen molar-refractivity contribution >= 4 is 0 Å². The lowest BCUT2D eigenvalue weighted by Gasteiger charge is -2.20. The molecule has 0 saturated heterocycles. The molecule has 0 fully saturated rings. The van der Waals surface area contributed by atoms with E-state index >= 15 is 0 Å². The van der Waals surface area contributed by atoms with E-state index in [1.807, 2.05) is 13.0 Å². The molecule has 11 heavy (non-hydrogen) atoms. The summed E-state index contributed by atoms with van der Waals surface area (Å²) in [5.74, 6) is 5.33. The highest BCUT2D eigenvalue weighted by Crippen LogP contribution is 2.04. The predicted octanol–water partition coefficient (Wildman–Crippen LogP) is 0.819. The number of ether oxygens (including phenoxy) is 1. The molecule has 0 amide bonds. The molecule has 0 heterocycles. The number of nitrogens with two attached hydrogens (primary N) is 1. The predicted molar refractivity (Wildman–Crippen MR) is 47.0 cm³/mol. The van der Waals surface area contributed by atoms with Crippen LogP contribution in [0.3, 0.4) is 0 Å². The maximum Gasteiger partial charge on any atom is 0.0709 e. The Balaban J connectivity index is 3.64. The van der Waals surface area contributed by atoms with Crippen LogP contribution in [0.15, 0.2) is 12.7 Å². The number of rotatable bonds is 6. The lowest BCUT2D eigenvalue weighted by atomic mass is 10.1. The zero-order chi connectivity index (χ0) is 8.69. The van der Waals surface area contributed by atoms with Crippen LogP contribution in [0.1, 0.15) is 19.8 Å². The minimum atomic E-state index is 0.153. The van der Waals surface area contributed by atoms with Gasteiger partial charge in [0.25, 0.3) is 0 Å². The average molecular weight is 158 g/mol. The Morgan fingerprint density at radius 3 is 2.73 bits per heavy atom. The highest BCUT2D eigenvalue weighted by atomic mass is 16.5. The molecule has 0 spiro atoms. The number of hydrazine groups is 1. The molecule has 66 valence electrons. The summed E-state index contributed by atoms with van der Waals surface area (Å²) in [5.41, 5.74) is 2.71. The van der Waals surface area contributed by atoms with Gasteiger partial charge in [-0.3, -0.25) is 11.3 Å². The van der Waals surface area contributed by atoms with Gasteiger partial charge in [-0.1, -0.05) is 6.08 Å². The van der Waals surface area contributed by atoms with Crippen LogP contribution in [0.25, 0.3) is 0 Å². The largest absolute Gasteiger partial charge is 0.380 e. The third-order valence-corrected chi connectivity index (χ3v) is 1.83. The van der Waals surface area contributed by atoms with Crippen LogP contribution >= 0.6 is 0 Å². The van der Waals surface area contributed by atoms with Crippen LogP contribution in [-0.4, -0.2) is 19.3 Å². The Bertz CT molecular complexity index is 106. The van der Waals surface area contributed by atoms with Gasteiger partial charge in [0.05, 0.1) is 6.10 Å². The Kier molecular flexibility index (Phi) is 6.12. The van der Waals surface area contributed by atoms with E-state index in [4.69, 9.17) is 10.6 Å². The van der Waals surface area contributed by atoms with Gasteiger partial charge in [0.1, 0.15) is 0 Å². The van der Waals surface area contributed by atoms with Crippen molar-refractivity contribution in [2.75, 3.05) is 7.11 Å². The average Bonchev–Trinajstić information content (AvgIpc) is 2.05. The summed E-state index contributed by atoms with van der Waals surface area (Å²) in [4.78, 5) is 0. The summed E-state index contributed by atoms with van der Waals surface area (Å²) in [6, 6.07) is 0.220. The van der Waals surface area contributed by atoms with E-state index < -0.39 is 0 Å². The molecule has 2 atom stereocenters. The fourth-order valence-electron chi connectivity index (χ4n) is 0.915. The molecule has 3 N–H and O–H groups in total. The minimum Gasteiger partial charge on any atom is -0.380 e. The third-order valence-electron chi connectivity index (χ3n) is 1.83. The van der Waals surface area contributed by atoms with Crippen molar-refractivity contribution in [3.63, 3.8) is 0 Å². The van der Waals surface area contributed by atoms with Gasteiger partial charge in [-0.25, -0.2) is 0 Å². The summed E-state index contributed by atoms with van der Waals surface area (Å²) in [6.45, 7) is 5.64. The molecular weight excluding hydrogens is 140 g/mol. The highest BCUT2D eigenvalue weighted by molar-refractivity contribution is 4.76. The summed E-state index contributed by atoms with van der Waals surface area (Å²) in [6.07, 6.45) is 3.96. The van der Waals surface area contributed by atoms with E-state index in [2.05, 4.69) is 12.0 Å². The fourth-order valence-corrected chi connectivity index (χ4v) is 0.915. The zero-order valence-electron chi connectivity index (χ0n) is 7.34. The summed E-state index contributed by atoms with van der Waals surface area (Å²) in [5, 5.41) is 0. The molecule has 0 aromatic carbocycles. The number of hydrogen-bond donors (Lipinski definition) is 2. The molecule has 0 bridgehead atoms. The fraction of sp³-hybridized carbons (Fsp3) is 0.750. The summed E-state index contributed by atoms with van der Waals surface area (Å²) in [7, 11) is 1.68. The second-order valence-electron chi connectivity index (χ2n) is 2.58. The van der Waals surface area contributed by atoms with Crippen LogP contribution in [-0.2, 0) is 4.74 Å². The van der Waals surface area contributed by atoms with E-state index in [9.17, 15) is 0 Å². The molecule has 0 radical (unpaired) electrons. The molecule has 3 heteroatoms. The first-order valence-electron chi connectivity index (χ1n) is 3.86. The molecule has 2 unspecified atom stereocenters. The van der Waals surface area contributed by atoms with Crippen molar-refractivity contribution < 1.29 is 4.74 Å². The van der Waals surface area contributed by atoms with Gasteiger partial charge < -0.3 is 4.74 Å². The second-order valence-corrected chi connectivity index (χ2v) is 2.58. The third kappa shape index (κ3) is 4.14. The van der Waals surface area contributed by atoms with Crippen LogP contribution in [0.4, 0.5) is 0 Å². The van der Waals surface area contributed by atoms with Crippen LogP contribution in [0.2, 0.25) is 0 Å². The Morgan fingerprint density at radius 2 is 2.36 bits per heavy atom. The summed E-state index contributed by atoms with van der Waals surface area (Å²) < 4.78 is 5.12. The Hall–Kier alpha value is -0.380. The number of hydrogen-bond acceptors (Lipinski definition) is 3. The Morgan fingerprint density at radius 1 is 1.73 bits per heavy atom. The van der Waals surface area contributed by atoms with Gasteiger partial charge in [-0.05, 0) is 19.8 Å². The topological polar surface area (TPSA) is 47.3 Å². The lowest BCUT2D eigenvalue weighted by Crippen LogP contribution is -2.43. The molecule has 0 aliphatic rings. The van der Waals surface area contributed by atoms with E-state index in [1.165, 1.54) is 0 Å². The molecule has 0 rings (SSSR count). The van der Waals surface area contributed by atoms with Gasteiger partial charge in [0.2, 0.25) is 0 Å². The molecule has 0 aromatic heterocycles. The minimum absolute atomic E-state index is 0.153. The number of allylic oxidation sites excluding steroid dienone is 1. The monoisotopic (exact) mass is 158 g/mol. The maximum absolute atomic E-state index is 5.33. The highest BCUT2D eigenvalue weighted by Gasteiger charge is 2.13. The summed E-state index contributed by atoms with van der Waals surface area (Å²) >= 11 is 0. The molecule has 0 aliphatic carbocycles. The van der Waals surface area contributed by atoms with E-state index in [0.29, 0.717) is 0 Å². The van der Waals surface area contributed by atoms with Crippen molar-refractivity contribution in [2.45, 2.75) is 31.9 Å². The first-order chi connectivity index (χ1) is 5.26. The molecular formula is C8H18N2O. The quantitative estimate of drug-likeness (QED) is 0.342. The molecule has 3 nitrogen and oxygen atoms in total. The zero-order valence-corrected chi connectivity index (χ0v) is 7.34. The van der Waals surface area contributed by atoms with Gasteiger partial charge in [-0.15, -0.1) is 6.58 Å². The first kappa shape index (κ1) is 10.6. The van der Waals surface area contributed by atoms with Crippen molar-refractivity contribution in [1.82, 2.24) is 5.43 Å².